The number of allylic oxidation sites excluding steroid dienone is 1. The van der Waals surface area contributed by atoms with Gasteiger partial charge in [0.2, 0.25) is 0 Å². The predicted molar refractivity (Wildman–Crippen MR) is 71.6 cm³/mol. The third-order valence-electron chi connectivity index (χ3n) is 2.29. The number of hydrogen-bond donors (Lipinski definition) is 2. The van der Waals surface area contributed by atoms with E-state index in [0.717, 1.165) is 17.6 Å². The van der Waals surface area contributed by atoms with E-state index in [1.54, 1.807) is 18.2 Å². The van der Waals surface area contributed by atoms with Crippen molar-refractivity contribution in [3.05, 3.63) is 30.3 Å². The molecule has 3 nitrogen and oxygen atoms in total. The minimum Gasteiger partial charge on any atom is -0.506 e. The minimum absolute atomic E-state index is 0.0422. The van der Waals surface area contributed by atoms with E-state index >= 15 is 0 Å². The number of phenols is 1. The zero-order chi connectivity index (χ0) is 13.0. The number of anilines is 1. The summed E-state index contributed by atoms with van der Waals surface area (Å²) in [5, 5.41) is 12.1. The average molecular weight is 274 g/mol. The van der Waals surface area contributed by atoms with Crippen molar-refractivity contribution in [3.8, 4) is 5.75 Å². The summed E-state index contributed by atoms with van der Waals surface area (Å²) in [6.45, 7) is 5.84. The van der Waals surface area contributed by atoms with Gasteiger partial charge in [0.1, 0.15) is 5.75 Å². The molecule has 0 unspecified atom stereocenters. The van der Waals surface area contributed by atoms with Crippen molar-refractivity contribution in [1.29, 1.82) is 0 Å². The van der Waals surface area contributed by atoms with Crippen molar-refractivity contribution in [1.82, 2.24) is 0 Å². The van der Waals surface area contributed by atoms with E-state index < -0.39 is 10.7 Å². The number of halogens is 2. The van der Waals surface area contributed by atoms with Crippen LogP contribution in [0.4, 0.5) is 5.69 Å². The molecule has 0 aliphatic heterocycles. The SMILES string of the molecule is C=C(CC)c1ccc(NC(=O)C(Cl)Cl)c(O)c1. The van der Waals surface area contributed by atoms with E-state index in [1.807, 2.05) is 6.92 Å². The Kier molecular flexibility index (Phi) is 4.85. The van der Waals surface area contributed by atoms with Crippen LogP contribution in [0.15, 0.2) is 24.8 Å². The molecule has 5 heteroatoms. The van der Waals surface area contributed by atoms with Crippen LogP contribution in [0.3, 0.4) is 0 Å². The molecule has 0 aromatic heterocycles. The highest BCUT2D eigenvalue weighted by Crippen LogP contribution is 2.28. The Bertz CT molecular complexity index is 444. The van der Waals surface area contributed by atoms with Gasteiger partial charge in [0.25, 0.3) is 5.91 Å². The molecule has 17 heavy (non-hydrogen) atoms. The van der Waals surface area contributed by atoms with Crippen molar-refractivity contribution in [3.63, 3.8) is 0 Å². The van der Waals surface area contributed by atoms with E-state index in [4.69, 9.17) is 23.2 Å². The molecule has 0 aliphatic rings. The molecule has 0 spiro atoms. The zero-order valence-corrected chi connectivity index (χ0v) is 10.8. The first-order chi connectivity index (χ1) is 7.95. The Morgan fingerprint density at radius 2 is 2.18 bits per heavy atom. The van der Waals surface area contributed by atoms with Gasteiger partial charge in [0.05, 0.1) is 5.69 Å². The number of nitrogens with one attached hydrogen (secondary N) is 1. The van der Waals surface area contributed by atoms with Crippen molar-refractivity contribution in [2.45, 2.75) is 18.2 Å². The Labute approximate surface area is 110 Å². The summed E-state index contributed by atoms with van der Waals surface area (Å²) in [5.74, 6) is -0.620. The van der Waals surface area contributed by atoms with Crippen LogP contribution < -0.4 is 5.32 Å². The third kappa shape index (κ3) is 3.65. The summed E-state index contributed by atoms with van der Waals surface area (Å²) < 4.78 is 0. The summed E-state index contributed by atoms with van der Waals surface area (Å²) in [4.78, 5) is 10.1. The van der Waals surface area contributed by atoms with Gasteiger partial charge in [-0.05, 0) is 29.7 Å². The number of phenolic OH excluding ortho intramolecular Hbond substituents is 1. The number of rotatable bonds is 4. The van der Waals surface area contributed by atoms with Gasteiger partial charge in [-0.2, -0.15) is 0 Å². The molecule has 92 valence electrons. The van der Waals surface area contributed by atoms with Crippen molar-refractivity contribution in [2.24, 2.45) is 0 Å². The minimum atomic E-state index is -1.17. The summed E-state index contributed by atoms with van der Waals surface area (Å²) in [6.07, 6.45) is 0.788. The monoisotopic (exact) mass is 273 g/mol. The molecule has 0 heterocycles. The van der Waals surface area contributed by atoms with E-state index in [-0.39, 0.29) is 11.4 Å². The van der Waals surface area contributed by atoms with Gasteiger partial charge in [0.15, 0.2) is 4.84 Å². The van der Waals surface area contributed by atoms with Gasteiger partial charge in [0, 0.05) is 0 Å². The number of hydrogen-bond acceptors (Lipinski definition) is 2. The van der Waals surface area contributed by atoms with Crippen LogP contribution in [0.2, 0.25) is 0 Å². The molecule has 0 saturated carbocycles. The number of carbonyl (C=O) groups excluding carboxylic acids is 1. The summed E-state index contributed by atoms with van der Waals surface area (Å²) in [5.41, 5.74) is 2.01. The number of aromatic hydroxyl groups is 1. The average Bonchev–Trinajstić information content (AvgIpc) is 2.30. The van der Waals surface area contributed by atoms with Crippen molar-refractivity contribution >= 4 is 40.4 Å². The van der Waals surface area contributed by atoms with Gasteiger partial charge in [-0.1, -0.05) is 42.8 Å². The second kappa shape index (κ2) is 5.94. The smallest absolute Gasteiger partial charge is 0.257 e. The predicted octanol–water partition coefficient (Wildman–Crippen LogP) is 3.56. The fraction of sp³-hybridized carbons (Fsp3) is 0.250. The molecule has 0 aliphatic carbocycles. The van der Waals surface area contributed by atoms with E-state index in [9.17, 15) is 9.90 Å². The Morgan fingerprint density at radius 3 is 2.65 bits per heavy atom. The lowest BCUT2D eigenvalue weighted by Crippen LogP contribution is -2.18. The first-order valence-electron chi connectivity index (χ1n) is 5.06. The molecule has 1 aromatic carbocycles. The largest absolute Gasteiger partial charge is 0.506 e. The molecule has 0 bridgehead atoms. The van der Waals surface area contributed by atoms with Crippen molar-refractivity contribution < 1.29 is 9.90 Å². The van der Waals surface area contributed by atoms with Crippen LogP contribution in [0.25, 0.3) is 5.57 Å². The lowest BCUT2D eigenvalue weighted by molar-refractivity contribution is -0.114. The van der Waals surface area contributed by atoms with Crippen LogP contribution in [0.5, 0.6) is 5.75 Å². The standard InChI is InChI=1S/C12H13Cl2NO2/c1-3-7(2)8-4-5-9(10(16)6-8)15-12(17)11(13)14/h4-6,11,16H,2-3H2,1H3,(H,15,17). The fourth-order valence-corrected chi connectivity index (χ4v) is 1.36. The van der Waals surface area contributed by atoms with Crippen LogP contribution in [-0.4, -0.2) is 15.8 Å². The number of alkyl halides is 2. The maximum atomic E-state index is 11.2. The lowest BCUT2D eigenvalue weighted by Gasteiger charge is -2.10. The molecule has 0 fully saturated rings. The van der Waals surface area contributed by atoms with Gasteiger partial charge in [-0.25, -0.2) is 0 Å². The first-order valence-corrected chi connectivity index (χ1v) is 5.93. The van der Waals surface area contributed by atoms with Gasteiger partial charge < -0.3 is 10.4 Å². The number of benzene rings is 1. The van der Waals surface area contributed by atoms with Gasteiger partial charge in [-0.3, -0.25) is 4.79 Å². The lowest BCUT2D eigenvalue weighted by atomic mass is 10.0. The molecule has 0 saturated heterocycles. The second-order valence-corrected chi connectivity index (χ2v) is 4.58. The normalized spacial score (nSPS) is 10.4. The van der Waals surface area contributed by atoms with Crippen molar-refractivity contribution in [2.75, 3.05) is 5.32 Å². The highest BCUT2D eigenvalue weighted by molar-refractivity contribution is 6.54. The number of amides is 1. The summed E-state index contributed by atoms with van der Waals surface area (Å²) in [6, 6.07) is 4.89. The molecule has 2 N–H and O–H groups in total. The molecule has 1 amide bonds. The van der Waals surface area contributed by atoms with Crippen LogP contribution in [-0.2, 0) is 4.79 Å². The number of carbonyl (C=O) groups is 1. The van der Waals surface area contributed by atoms with Gasteiger partial charge in [-0.15, -0.1) is 0 Å². The fourth-order valence-electron chi connectivity index (χ4n) is 1.25. The second-order valence-electron chi connectivity index (χ2n) is 3.48. The van der Waals surface area contributed by atoms with E-state index in [0.29, 0.717) is 0 Å². The highest BCUT2D eigenvalue weighted by atomic mass is 35.5. The molecule has 1 aromatic rings. The Morgan fingerprint density at radius 1 is 1.53 bits per heavy atom. The summed E-state index contributed by atoms with van der Waals surface area (Å²) >= 11 is 10.8. The third-order valence-corrected chi connectivity index (χ3v) is 2.69. The van der Waals surface area contributed by atoms with Gasteiger partial charge >= 0.3 is 0 Å². The molecule has 0 atom stereocenters. The topological polar surface area (TPSA) is 49.3 Å². The van der Waals surface area contributed by atoms with Crippen LogP contribution in [0, 0.1) is 0 Å². The molecular formula is C12H13Cl2NO2. The quantitative estimate of drug-likeness (QED) is 0.651. The summed E-state index contributed by atoms with van der Waals surface area (Å²) in [7, 11) is 0. The van der Waals surface area contributed by atoms with Crippen LogP contribution >= 0.6 is 23.2 Å². The van der Waals surface area contributed by atoms with E-state index in [2.05, 4.69) is 11.9 Å². The first kappa shape index (κ1) is 13.9. The molecule has 0 radical (unpaired) electrons. The molecule has 1 rings (SSSR count). The Hall–Kier alpha value is -1.19. The molecular weight excluding hydrogens is 261 g/mol. The zero-order valence-electron chi connectivity index (χ0n) is 9.34. The Balaban J connectivity index is 2.90. The maximum Gasteiger partial charge on any atom is 0.257 e. The maximum absolute atomic E-state index is 11.2. The van der Waals surface area contributed by atoms with E-state index in [1.165, 1.54) is 0 Å². The highest BCUT2D eigenvalue weighted by Gasteiger charge is 2.13. The van der Waals surface area contributed by atoms with Crippen LogP contribution in [0.1, 0.15) is 18.9 Å².